The van der Waals surface area contributed by atoms with E-state index < -0.39 is 0 Å². The molecule has 0 saturated carbocycles. The molecule has 2 aromatic rings. The van der Waals surface area contributed by atoms with Crippen molar-refractivity contribution < 1.29 is 4.52 Å². The molecule has 0 radical (unpaired) electrons. The number of nitrogen functional groups attached to an aromatic ring is 1. The first kappa shape index (κ1) is 11.6. The Balaban J connectivity index is 1.71. The molecule has 2 heterocycles. The van der Waals surface area contributed by atoms with E-state index in [1.165, 1.54) is 12.2 Å². The van der Waals surface area contributed by atoms with Crippen LogP contribution in [0.2, 0.25) is 0 Å². The molecule has 1 aliphatic heterocycles. The van der Waals surface area contributed by atoms with Gasteiger partial charge in [0.05, 0.1) is 11.7 Å². The Morgan fingerprint density at radius 3 is 2.89 bits per heavy atom. The van der Waals surface area contributed by atoms with Crippen LogP contribution in [0.1, 0.15) is 35.4 Å². The number of nitrogens with zero attached hydrogens (tertiary/aromatic N) is 2. The highest BCUT2D eigenvalue weighted by Crippen LogP contribution is 2.38. The standard InChI is InChI=1S/C13H15N3OS/c14-10-5-3-9(4-6-10)8-12-15-13(16-17-12)11-2-1-7-18-11/h3-6,11H,1-2,7-8,14H2. The zero-order valence-electron chi connectivity index (χ0n) is 10.0. The fourth-order valence-electron chi connectivity index (χ4n) is 2.06. The van der Waals surface area contributed by atoms with Gasteiger partial charge in [-0.25, -0.2) is 0 Å². The summed E-state index contributed by atoms with van der Waals surface area (Å²) in [5.74, 6) is 2.73. The molecule has 0 spiro atoms. The molecule has 1 unspecified atom stereocenters. The quantitative estimate of drug-likeness (QED) is 0.861. The van der Waals surface area contributed by atoms with Gasteiger partial charge in [0.2, 0.25) is 5.89 Å². The topological polar surface area (TPSA) is 64.9 Å². The van der Waals surface area contributed by atoms with Crippen molar-refractivity contribution in [3.05, 3.63) is 41.5 Å². The maximum Gasteiger partial charge on any atom is 0.231 e. The van der Waals surface area contributed by atoms with Crippen LogP contribution in [0.4, 0.5) is 5.69 Å². The molecule has 1 saturated heterocycles. The lowest BCUT2D eigenvalue weighted by Crippen LogP contribution is -1.93. The third-order valence-electron chi connectivity index (χ3n) is 3.04. The molecule has 94 valence electrons. The summed E-state index contributed by atoms with van der Waals surface area (Å²) in [5, 5.41) is 4.51. The van der Waals surface area contributed by atoms with Crippen molar-refractivity contribution in [3.8, 4) is 0 Å². The van der Waals surface area contributed by atoms with Crippen molar-refractivity contribution in [2.75, 3.05) is 11.5 Å². The highest BCUT2D eigenvalue weighted by molar-refractivity contribution is 7.99. The Bertz CT molecular complexity index is 517. The van der Waals surface area contributed by atoms with Crippen LogP contribution >= 0.6 is 11.8 Å². The molecule has 4 nitrogen and oxygen atoms in total. The normalized spacial score (nSPS) is 19.2. The van der Waals surface area contributed by atoms with E-state index in [0.29, 0.717) is 17.6 Å². The maximum absolute atomic E-state index is 5.65. The lowest BCUT2D eigenvalue weighted by atomic mass is 10.1. The van der Waals surface area contributed by atoms with E-state index in [9.17, 15) is 0 Å². The van der Waals surface area contributed by atoms with E-state index in [2.05, 4.69) is 10.1 Å². The smallest absolute Gasteiger partial charge is 0.231 e. The van der Waals surface area contributed by atoms with E-state index in [4.69, 9.17) is 10.3 Å². The Morgan fingerprint density at radius 2 is 2.17 bits per heavy atom. The molecule has 0 bridgehead atoms. The lowest BCUT2D eigenvalue weighted by molar-refractivity contribution is 0.379. The zero-order chi connectivity index (χ0) is 12.4. The molecule has 1 aromatic carbocycles. The minimum absolute atomic E-state index is 0.425. The van der Waals surface area contributed by atoms with Gasteiger partial charge in [-0.05, 0) is 36.3 Å². The predicted octanol–water partition coefficient (Wildman–Crippen LogP) is 2.81. The van der Waals surface area contributed by atoms with Crippen molar-refractivity contribution in [3.63, 3.8) is 0 Å². The number of rotatable bonds is 3. The number of anilines is 1. The average molecular weight is 261 g/mol. The zero-order valence-corrected chi connectivity index (χ0v) is 10.8. The lowest BCUT2D eigenvalue weighted by Gasteiger charge is -1.99. The summed E-state index contributed by atoms with van der Waals surface area (Å²) < 4.78 is 5.31. The number of hydrogen-bond donors (Lipinski definition) is 1. The Morgan fingerprint density at radius 1 is 1.33 bits per heavy atom. The van der Waals surface area contributed by atoms with Crippen molar-refractivity contribution >= 4 is 17.4 Å². The van der Waals surface area contributed by atoms with Gasteiger partial charge in [-0.2, -0.15) is 16.7 Å². The Labute approximate surface area is 110 Å². The third kappa shape index (κ3) is 2.51. The first-order valence-corrected chi connectivity index (χ1v) is 7.14. The van der Waals surface area contributed by atoms with Gasteiger partial charge in [0.1, 0.15) is 0 Å². The van der Waals surface area contributed by atoms with E-state index in [-0.39, 0.29) is 0 Å². The van der Waals surface area contributed by atoms with E-state index in [1.54, 1.807) is 0 Å². The van der Waals surface area contributed by atoms with Crippen LogP contribution in [0.25, 0.3) is 0 Å². The van der Waals surface area contributed by atoms with Gasteiger partial charge in [-0.1, -0.05) is 17.3 Å². The minimum Gasteiger partial charge on any atom is -0.399 e. The highest BCUT2D eigenvalue weighted by atomic mass is 32.2. The molecule has 0 amide bonds. The largest absolute Gasteiger partial charge is 0.399 e. The summed E-state index contributed by atoms with van der Waals surface area (Å²) in [4.78, 5) is 4.48. The second kappa shape index (κ2) is 5.02. The summed E-state index contributed by atoms with van der Waals surface area (Å²) in [6, 6.07) is 7.76. The van der Waals surface area contributed by atoms with Crippen LogP contribution in [-0.2, 0) is 6.42 Å². The number of benzene rings is 1. The molecule has 5 heteroatoms. The summed E-state index contributed by atoms with van der Waals surface area (Å²) in [5.41, 5.74) is 7.56. The summed E-state index contributed by atoms with van der Waals surface area (Å²) in [6.07, 6.45) is 3.08. The molecular formula is C13H15N3OS. The molecule has 1 aliphatic rings. The molecule has 18 heavy (non-hydrogen) atoms. The summed E-state index contributed by atoms with van der Waals surface area (Å²) >= 11 is 1.92. The number of nitrogens with two attached hydrogens (primary N) is 1. The SMILES string of the molecule is Nc1ccc(Cc2nc(C3CCCS3)no2)cc1. The number of aromatic nitrogens is 2. The highest BCUT2D eigenvalue weighted by Gasteiger charge is 2.22. The summed E-state index contributed by atoms with van der Waals surface area (Å²) in [7, 11) is 0. The van der Waals surface area contributed by atoms with Crippen LogP contribution in [-0.4, -0.2) is 15.9 Å². The van der Waals surface area contributed by atoms with Gasteiger partial charge < -0.3 is 10.3 Å². The van der Waals surface area contributed by atoms with Gasteiger partial charge in [0, 0.05) is 5.69 Å². The van der Waals surface area contributed by atoms with E-state index >= 15 is 0 Å². The maximum atomic E-state index is 5.65. The van der Waals surface area contributed by atoms with Crippen molar-refractivity contribution in [1.29, 1.82) is 0 Å². The van der Waals surface area contributed by atoms with Crippen LogP contribution in [0.3, 0.4) is 0 Å². The van der Waals surface area contributed by atoms with Crippen LogP contribution in [0.5, 0.6) is 0 Å². The Kier molecular flexibility index (Phi) is 3.23. The average Bonchev–Trinajstić information content (AvgIpc) is 3.02. The van der Waals surface area contributed by atoms with Gasteiger partial charge in [-0.15, -0.1) is 0 Å². The van der Waals surface area contributed by atoms with Crippen molar-refractivity contribution in [2.45, 2.75) is 24.5 Å². The molecule has 3 rings (SSSR count). The van der Waals surface area contributed by atoms with Gasteiger partial charge in [-0.3, -0.25) is 0 Å². The molecular weight excluding hydrogens is 246 g/mol. The van der Waals surface area contributed by atoms with Gasteiger partial charge >= 0.3 is 0 Å². The van der Waals surface area contributed by atoms with Gasteiger partial charge in [0.15, 0.2) is 5.82 Å². The predicted molar refractivity (Wildman–Crippen MR) is 72.4 cm³/mol. The number of thioether (sulfide) groups is 1. The fourth-order valence-corrected chi connectivity index (χ4v) is 3.26. The van der Waals surface area contributed by atoms with Crippen molar-refractivity contribution in [2.24, 2.45) is 0 Å². The number of hydrogen-bond acceptors (Lipinski definition) is 5. The van der Waals surface area contributed by atoms with Crippen LogP contribution < -0.4 is 5.73 Å². The van der Waals surface area contributed by atoms with E-state index in [1.807, 2.05) is 36.0 Å². The molecule has 2 N–H and O–H groups in total. The van der Waals surface area contributed by atoms with Gasteiger partial charge in [0.25, 0.3) is 0 Å². The monoisotopic (exact) mass is 261 g/mol. The van der Waals surface area contributed by atoms with E-state index in [0.717, 1.165) is 23.5 Å². The molecule has 1 fully saturated rings. The molecule has 1 aromatic heterocycles. The fraction of sp³-hybridized carbons (Fsp3) is 0.385. The molecule has 1 atom stereocenters. The summed E-state index contributed by atoms with van der Waals surface area (Å²) in [6.45, 7) is 0. The first-order valence-electron chi connectivity index (χ1n) is 6.10. The second-order valence-corrected chi connectivity index (χ2v) is 5.78. The van der Waals surface area contributed by atoms with Crippen LogP contribution in [0.15, 0.2) is 28.8 Å². The Hall–Kier alpha value is -1.49. The second-order valence-electron chi connectivity index (χ2n) is 4.47. The molecule has 0 aliphatic carbocycles. The van der Waals surface area contributed by atoms with Crippen molar-refractivity contribution in [1.82, 2.24) is 10.1 Å². The third-order valence-corrected chi connectivity index (χ3v) is 4.41. The minimum atomic E-state index is 0.425. The van der Waals surface area contributed by atoms with Crippen LogP contribution in [0, 0.1) is 0 Å². The first-order chi connectivity index (χ1) is 8.81.